The molecule has 2 fully saturated rings. The van der Waals surface area contributed by atoms with Crippen molar-refractivity contribution in [2.75, 3.05) is 13.6 Å². The van der Waals surface area contributed by atoms with E-state index >= 15 is 0 Å². The molecule has 0 saturated heterocycles. The second-order valence-electron chi connectivity index (χ2n) is 7.89. The SMILES string of the molecule is CN(CC(=O)NC1CC1)Cn1nc(-c2ccccc2Cl)n(C2CCCC2)c1=S. The summed E-state index contributed by atoms with van der Waals surface area (Å²) in [6, 6.07) is 8.49. The minimum Gasteiger partial charge on any atom is -0.352 e. The third-order valence-electron chi connectivity index (χ3n) is 5.41. The molecule has 0 bridgehead atoms. The van der Waals surface area contributed by atoms with Gasteiger partial charge in [0.2, 0.25) is 5.91 Å². The van der Waals surface area contributed by atoms with Crippen molar-refractivity contribution in [3.05, 3.63) is 34.1 Å². The lowest BCUT2D eigenvalue weighted by atomic mass is 10.2. The molecular formula is C20H26ClN5OS. The second-order valence-corrected chi connectivity index (χ2v) is 8.66. The molecular weight excluding hydrogens is 394 g/mol. The Labute approximate surface area is 175 Å². The number of aromatic nitrogens is 3. The third kappa shape index (κ3) is 4.31. The molecule has 0 spiro atoms. The van der Waals surface area contributed by atoms with Crippen molar-refractivity contribution in [2.45, 2.75) is 57.3 Å². The predicted octanol–water partition coefficient (Wildman–Crippen LogP) is 4.02. The highest BCUT2D eigenvalue weighted by molar-refractivity contribution is 7.71. The molecule has 1 aromatic carbocycles. The van der Waals surface area contributed by atoms with E-state index in [1.54, 1.807) is 0 Å². The molecule has 150 valence electrons. The molecule has 4 rings (SSSR count). The highest BCUT2D eigenvalue weighted by Crippen LogP contribution is 2.35. The summed E-state index contributed by atoms with van der Waals surface area (Å²) in [6.07, 6.45) is 6.82. The van der Waals surface area contributed by atoms with Crippen LogP contribution in [0.15, 0.2) is 24.3 Å². The zero-order valence-corrected chi connectivity index (χ0v) is 17.7. The predicted molar refractivity (Wildman–Crippen MR) is 113 cm³/mol. The van der Waals surface area contributed by atoms with E-state index in [1.807, 2.05) is 40.9 Å². The van der Waals surface area contributed by atoms with Crippen LogP contribution >= 0.6 is 23.8 Å². The maximum absolute atomic E-state index is 12.1. The summed E-state index contributed by atoms with van der Waals surface area (Å²) in [5.74, 6) is 0.872. The first-order valence-electron chi connectivity index (χ1n) is 9.95. The van der Waals surface area contributed by atoms with Gasteiger partial charge in [0, 0.05) is 17.6 Å². The number of nitrogens with one attached hydrogen (secondary N) is 1. The Hall–Kier alpha value is -1.70. The van der Waals surface area contributed by atoms with Crippen molar-refractivity contribution in [2.24, 2.45) is 0 Å². The van der Waals surface area contributed by atoms with Crippen LogP contribution in [0.2, 0.25) is 5.02 Å². The van der Waals surface area contributed by atoms with Gasteiger partial charge in [-0.05, 0) is 57.1 Å². The summed E-state index contributed by atoms with van der Waals surface area (Å²) >= 11 is 12.3. The largest absolute Gasteiger partial charge is 0.352 e. The summed E-state index contributed by atoms with van der Waals surface area (Å²) in [7, 11) is 1.91. The lowest BCUT2D eigenvalue weighted by molar-refractivity contribution is -0.122. The first kappa shape index (κ1) is 19.6. The Morgan fingerprint density at radius 3 is 2.68 bits per heavy atom. The number of carbonyl (C=O) groups excluding carboxylic acids is 1. The van der Waals surface area contributed by atoms with Crippen molar-refractivity contribution >= 4 is 29.7 Å². The third-order valence-corrected chi connectivity index (χ3v) is 6.14. The number of nitrogens with zero attached hydrogens (tertiary/aromatic N) is 4. The normalized spacial score (nSPS) is 17.4. The number of amides is 1. The van der Waals surface area contributed by atoms with Crippen LogP contribution in [-0.2, 0) is 11.5 Å². The highest BCUT2D eigenvalue weighted by atomic mass is 35.5. The number of halogens is 1. The van der Waals surface area contributed by atoms with Crippen molar-refractivity contribution in [3.63, 3.8) is 0 Å². The van der Waals surface area contributed by atoms with Crippen molar-refractivity contribution in [1.29, 1.82) is 0 Å². The molecule has 1 N–H and O–H groups in total. The molecule has 0 unspecified atom stereocenters. The second kappa shape index (κ2) is 8.35. The lowest BCUT2D eigenvalue weighted by Crippen LogP contribution is -2.37. The van der Waals surface area contributed by atoms with Gasteiger partial charge in [-0.25, -0.2) is 4.68 Å². The van der Waals surface area contributed by atoms with Gasteiger partial charge >= 0.3 is 0 Å². The van der Waals surface area contributed by atoms with Gasteiger partial charge in [0.15, 0.2) is 10.6 Å². The van der Waals surface area contributed by atoms with Crippen LogP contribution in [0.4, 0.5) is 0 Å². The topological polar surface area (TPSA) is 55.1 Å². The van der Waals surface area contributed by atoms with Crippen LogP contribution in [0.5, 0.6) is 0 Å². The Balaban J connectivity index is 1.60. The first-order chi connectivity index (χ1) is 13.5. The van der Waals surface area contributed by atoms with Gasteiger partial charge in [-0.3, -0.25) is 14.3 Å². The molecule has 0 radical (unpaired) electrons. The van der Waals surface area contributed by atoms with Gasteiger partial charge in [-0.15, -0.1) is 0 Å². The fourth-order valence-corrected chi connectivity index (χ4v) is 4.41. The average Bonchev–Trinajstić information content (AvgIpc) is 3.19. The summed E-state index contributed by atoms with van der Waals surface area (Å²) in [5.41, 5.74) is 0.898. The molecule has 6 nitrogen and oxygen atoms in total. The number of likely N-dealkylation sites (N-methyl/N-ethyl adjacent to an activating group) is 1. The maximum Gasteiger partial charge on any atom is 0.234 e. The van der Waals surface area contributed by atoms with Gasteiger partial charge < -0.3 is 5.32 Å². The lowest BCUT2D eigenvalue weighted by Gasteiger charge is -2.16. The van der Waals surface area contributed by atoms with Crippen LogP contribution in [0.3, 0.4) is 0 Å². The summed E-state index contributed by atoms with van der Waals surface area (Å²) in [6.45, 7) is 0.796. The zero-order valence-electron chi connectivity index (χ0n) is 16.1. The van der Waals surface area contributed by atoms with Crippen molar-refractivity contribution < 1.29 is 4.79 Å². The zero-order chi connectivity index (χ0) is 19.7. The monoisotopic (exact) mass is 419 g/mol. The van der Waals surface area contributed by atoms with Gasteiger partial charge in [-0.1, -0.05) is 36.6 Å². The number of benzene rings is 1. The van der Waals surface area contributed by atoms with Crippen molar-refractivity contribution in [3.8, 4) is 11.4 Å². The van der Waals surface area contributed by atoms with E-state index in [4.69, 9.17) is 28.9 Å². The van der Waals surface area contributed by atoms with Crippen LogP contribution in [0.25, 0.3) is 11.4 Å². The molecule has 1 amide bonds. The number of carbonyl (C=O) groups is 1. The smallest absolute Gasteiger partial charge is 0.234 e. The van der Waals surface area contributed by atoms with E-state index in [0.717, 1.165) is 37.1 Å². The number of hydrogen-bond donors (Lipinski definition) is 1. The molecule has 8 heteroatoms. The molecule has 28 heavy (non-hydrogen) atoms. The molecule has 2 saturated carbocycles. The van der Waals surface area contributed by atoms with Crippen LogP contribution in [0, 0.1) is 4.77 Å². The van der Waals surface area contributed by atoms with Crippen molar-refractivity contribution in [1.82, 2.24) is 24.6 Å². The fourth-order valence-electron chi connectivity index (χ4n) is 3.85. The van der Waals surface area contributed by atoms with Gasteiger partial charge in [-0.2, -0.15) is 5.10 Å². The molecule has 2 aliphatic rings. The molecule has 1 aromatic heterocycles. The first-order valence-corrected chi connectivity index (χ1v) is 10.7. The van der Waals surface area contributed by atoms with Crippen LogP contribution in [0.1, 0.15) is 44.6 Å². The fraction of sp³-hybridized carbons (Fsp3) is 0.550. The van der Waals surface area contributed by atoms with E-state index in [-0.39, 0.29) is 5.91 Å². The molecule has 0 aliphatic heterocycles. The summed E-state index contributed by atoms with van der Waals surface area (Å²) < 4.78 is 4.68. The van der Waals surface area contributed by atoms with Gasteiger partial charge in [0.1, 0.15) is 0 Å². The Kier molecular flexibility index (Phi) is 5.85. The Morgan fingerprint density at radius 2 is 2.00 bits per heavy atom. The standard InChI is InChI=1S/C20H26ClN5OS/c1-24(12-18(27)22-14-10-11-14)13-25-20(28)26(15-6-2-3-7-15)19(23-25)16-8-4-5-9-17(16)21/h4-5,8-9,14-15H,2-3,6-7,10-13H2,1H3,(H,22,27). The number of rotatable bonds is 7. The van der Waals surface area contributed by atoms with Crippen LogP contribution < -0.4 is 5.32 Å². The molecule has 1 heterocycles. The Morgan fingerprint density at radius 1 is 1.29 bits per heavy atom. The Bertz CT molecular complexity index is 914. The average molecular weight is 420 g/mol. The van der Waals surface area contributed by atoms with E-state index in [0.29, 0.717) is 35.1 Å². The van der Waals surface area contributed by atoms with E-state index < -0.39 is 0 Å². The molecule has 0 atom stereocenters. The molecule has 2 aliphatic carbocycles. The highest BCUT2D eigenvalue weighted by Gasteiger charge is 2.26. The van der Waals surface area contributed by atoms with E-state index in [9.17, 15) is 4.79 Å². The maximum atomic E-state index is 12.1. The number of hydrogen-bond acceptors (Lipinski definition) is 4. The molecule has 2 aromatic rings. The van der Waals surface area contributed by atoms with Gasteiger partial charge in [0.05, 0.1) is 18.2 Å². The van der Waals surface area contributed by atoms with E-state index in [1.165, 1.54) is 12.8 Å². The van der Waals surface area contributed by atoms with Gasteiger partial charge in [0.25, 0.3) is 0 Å². The van der Waals surface area contributed by atoms with E-state index in [2.05, 4.69) is 9.88 Å². The van der Waals surface area contributed by atoms with Crippen LogP contribution in [-0.4, -0.2) is 44.8 Å². The summed E-state index contributed by atoms with van der Waals surface area (Å²) in [5, 5.41) is 8.52. The summed E-state index contributed by atoms with van der Waals surface area (Å²) in [4.78, 5) is 14.0. The minimum atomic E-state index is 0.0538. The minimum absolute atomic E-state index is 0.0538. The quantitative estimate of drug-likeness (QED) is 0.688.